The quantitative estimate of drug-likeness (QED) is 0.795. The van der Waals surface area contributed by atoms with E-state index in [-0.39, 0.29) is 18.1 Å². The van der Waals surface area contributed by atoms with Crippen LogP contribution in [-0.2, 0) is 11.2 Å². The fourth-order valence-electron chi connectivity index (χ4n) is 2.58. The maximum atomic E-state index is 13.1. The number of carbonyl (C=O) groups is 1. The Morgan fingerprint density at radius 1 is 1.17 bits per heavy atom. The van der Waals surface area contributed by atoms with Crippen LogP contribution in [0.1, 0.15) is 32.3 Å². The van der Waals surface area contributed by atoms with Crippen LogP contribution in [0.15, 0.2) is 42.6 Å². The molecular weight excluding hydrogens is 305 g/mol. The van der Waals surface area contributed by atoms with E-state index in [1.165, 1.54) is 12.1 Å². The minimum atomic E-state index is -0.338. The van der Waals surface area contributed by atoms with Crippen molar-refractivity contribution in [3.05, 3.63) is 54.0 Å². The molecule has 0 unspecified atom stereocenters. The van der Waals surface area contributed by atoms with Crippen molar-refractivity contribution in [3.8, 4) is 0 Å². The van der Waals surface area contributed by atoms with Crippen molar-refractivity contribution < 1.29 is 9.18 Å². The van der Waals surface area contributed by atoms with Crippen molar-refractivity contribution in [1.82, 2.24) is 4.98 Å². The number of nitrogens with one attached hydrogen (secondary N) is 1. The minimum absolute atomic E-state index is 0.124. The standard InChI is InChI=1S/C19H24FN3O/c1-3-10-23(11-4-2)17-8-9-18(21-14-17)22-19(24)13-15-6-5-7-16(20)12-15/h5-9,12,14H,3-4,10-11,13H2,1-2H3,(H,21,22,24). The van der Waals surface area contributed by atoms with Gasteiger partial charge in [0.05, 0.1) is 18.3 Å². The van der Waals surface area contributed by atoms with Crippen LogP contribution < -0.4 is 10.2 Å². The first-order chi connectivity index (χ1) is 11.6. The Kier molecular flexibility index (Phi) is 6.73. The molecule has 1 aromatic carbocycles. The summed E-state index contributed by atoms with van der Waals surface area (Å²) in [6, 6.07) is 9.82. The van der Waals surface area contributed by atoms with Crippen LogP contribution >= 0.6 is 0 Å². The number of hydrogen-bond acceptors (Lipinski definition) is 3. The number of aromatic nitrogens is 1. The van der Waals surface area contributed by atoms with E-state index in [4.69, 9.17) is 0 Å². The average Bonchev–Trinajstić information content (AvgIpc) is 2.55. The normalized spacial score (nSPS) is 10.5. The Balaban J connectivity index is 1.96. The van der Waals surface area contributed by atoms with Gasteiger partial charge in [-0.1, -0.05) is 26.0 Å². The summed E-state index contributed by atoms with van der Waals surface area (Å²) in [5.74, 6) is -0.0392. The number of rotatable bonds is 8. The van der Waals surface area contributed by atoms with Crippen LogP contribution in [0.25, 0.3) is 0 Å². The zero-order valence-electron chi connectivity index (χ0n) is 14.3. The third-order valence-corrected chi connectivity index (χ3v) is 3.62. The van der Waals surface area contributed by atoms with Crippen LogP contribution in [-0.4, -0.2) is 24.0 Å². The molecular formula is C19H24FN3O. The van der Waals surface area contributed by atoms with Crippen molar-refractivity contribution in [1.29, 1.82) is 0 Å². The number of anilines is 2. The molecule has 5 heteroatoms. The number of hydrogen-bond donors (Lipinski definition) is 1. The molecule has 1 heterocycles. The largest absolute Gasteiger partial charge is 0.370 e. The monoisotopic (exact) mass is 329 g/mol. The minimum Gasteiger partial charge on any atom is -0.370 e. The average molecular weight is 329 g/mol. The summed E-state index contributed by atoms with van der Waals surface area (Å²) in [4.78, 5) is 18.6. The molecule has 2 rings (SSSR count). The molecule has 0 fully saturated rings. The molecule has 0 saturated carbocycles. The third-order valence-electron chi connectivity index (χ3n) is 3.62. The number of carbonyl (C=O) groups excluding carboxylic acids is 1. The third kappa shape index (κ3) is 5.33. The molecule has 128 valence electrons. The van der Waals surface area contributed by atoms with E-state index in [9.17, 15) is 9.18 Å². The zero-order chi connectivity index (χ0) is 17.4. The molecule has 0 aliphatic carbocycles. The van der Waals surface area contributed by atoms with Crippen molar-refractivity contribution in [3.63, 3.8) is 0 Å². The van der Waals surface area contributed by atoms with E-state index in [0.717, 1.165) is 31.6 Å². The Morgan fingerprint density at radius 3 is 2.50 bits per heavy atom. The van der Waals surface area contributed by atoms with E-state index in [2.05, 4.69) is 29.0 Å². The molecule has 0 saturated heterocycles. The predicted molar refractivity (Wildman–Crippen MR) is 95.8 cm³/mol. The van der Waals surface area contributed by atoms with E-state index in [0.29, 0.717) is 11.4 Å². The van der Waals surface area contributed by atoms with Gasteiger partial charge < -0.3 is 10.2 Å². The second kappa shape index (κ2) is 9.01. The van der Waals surface area contributed by atoms with E-state index in [1.54, 1.807) is 24.4 Å². The summed E-state index contributed by atoms with van der Waals surface area (Å²) in [6.07, 6.45) is 4.06. The van der Waals surface area contributed by atoms with Crippen molar-refractivity contribution >= 4 is 17.4 Å². The lowest BCUT2D eigenvalue weighted by Gasteiger charge is -2.23. The van der Waals surface area contributed by atoms with Gasteiger partial charge in [0, 0.05) is 13.1 Å². The molecule has 0 atom stereocenters. The van der Waals surface area contributed by atoms with Crippen LogP contribution in [0, 0.1) is 5.82 Å². The Labute approximate surface area is 142 Å². The lowest BCUT2D eigenvalue weighted by atomic mass is 10.1. The molecule has 2 aromatic rings. The van der Waals surface area contributed by atoms with Gasteiger partial charge in [0.2, 0.25) is 5.91 Å². The van der Waals surface area contributed by atoms with Crippen LogP contribution in [0.2, 0.25) is 0 Å². The maximum Gasteiger partial charge on any atom is 0.229 e. The second-order valence-corrected chi connectivity index (χ2v) is 5.74. The first-order valence-corrected chi connectivity index (χ1v) is 8.37. The van der Waals surface area contributed by atoms with Gasteiger partial charge in [-0.05, 0) is 42.7 Å². The molecule has 0 radical (unpaired) electrons. The zero-order valence-corrected chi connectivity index (χ0v) is 14.3. The number of nitrogens with zero attached hydrogens (tertiary/aromatic N) is 2. The number of halogens is 1. The maximum absolute atomic E-state index is 13.1. The summed E-state index contributed by atoms with van der Waals surface area (Å²) >= 11 is 0. The summed E-state index contributed by atoms with van der Waals surface area (Å²) in [6.45, 7) is 6.27. The van der Waals surface area contributed by atoms with E-state index in [1.807, 2.05) is 6.07 Å². The van der Waals surface area contributed by atoms with E-state index >= 15 is 0 Å². The number of amides is 1. The molecule has 0 aliphatic rings. The van der Waals surface area contributed by atoms with Gasteiger partial charge in [0.25, 0.3) is 0 Å². The molecule has 0 bridgehead atoms. The second-order valence-electron chi connectivity index (χ2n) is 5.74. The highest BCUT2D eigenvalue weighted by atomic mass is 19.1. The highest BCUT2D eigenvalue weighted by Gasteiger charge is 2.08. The van der Waals surface area contributed by atoms with Gasteiger partial charge in [-0.25, -0.2) is 9.37 Å². The molecule has 1 amide bonds. The molecule has 24 heavy (non-hydrogen) atoms. The van der Waals surface area contributed by atoms with Gasteiger partial charge in [-0.15, -0.1) is 0 Å². The highest BCUT2D eigenvalue weighted by Crippen LogP contribution is 2.16. The van der Waals surface area contributed by atoms with Crippen LogP contribution in [0.3, 0.4) is 0 Å². The summed E-state index contributed by atoms with van der Waals surface area (Å²) in [7, 11) is 0. The van der Waals surface area contributed by atoms with Gasteiger partial charge >= 0.3 is 0 Å². The fourth-order valence-corrected chi connectivity index (χ4v) is 2.58. The number of pyridine rings is 1. The van der Waals surface area contributed by atoms with Gasteiger partial charge in [-0.2, -0.15) is 0 Å². The number of benzene rings is 1. The Bertz CT molecular complexity index is 652. The Hall–Kier alpha value is -2.43. The lowest BCUT2D eigenvalue weighted by molar-refractivity contribution is -0.115. The molecule has 1 aromatic heterocycles. The highest BCUT2D eigenvalue weighted by molar-refractivity contribution is 5.91. The van der Waals surface area contributed by atoms with Crippen molar-refractivity contribution in [2.24, 2.45) is 0 Å². The summed E-state index contributed by atoms with van der Waals surface area (Å²) < 4.78 is 13.1. The first-order valence-electron chi connectivity index (χ1n) is 8.37. The Morgan fingerprint density at radius 2 is 1.92 bits per heavy atom. The summed E-state index contributed by atoms with van der Waals surface area (Å²) in [5.41, 5.74) is 1.70. The fraction of sp³-hybridized carbons (Fsp3) is 0.368. The van der Waals surface area contributed by atoms with Crippen LogP contribution in [0.4, 0.5) is 15.9 Å². The molecule has 4 nitrogen and oxygen atoms in total. The topological polar surface area (TPSA) is 45.2 Å². The predicted octanol–water partition coefficient (Wildman–Crippen LogP) is 4.03. The van der Waals surface area contributed by atoms with Crippen molar-refractivity contribution in [2.75, 3.05) is 23.3 Å². The SMILES string of the molecule is CCCN(CCC)c1ccc(NC(=O)Cc2cccc(F)c2)nc1. The molecule has 0 spiro atoms. The van der Waals surface area contributed by atoms with Gasteiger partial charge in [0.15, 0.2) is 0 Å². The van der Waals surface area contributed by atoms with E-state index < -0.39 is 0 Å². The smallest absolute Gasteiger partial charge is 0.229 e. The lowest BCUT2D eigenvalue weighted by Crippen LogP contribution is -2.25. The van der Waals surface area contributed by atoms with Gasteiger partial charge in [-0.3, -0.25) is 4.79 Å². The molecule has 1 N–H and O–H groups in total. The first kappa shape index (κ1) is 17.9. The van der Waals surface area contributed by atoms with Crippen LogP contribution in [0.5, 0.6) is 0 Å². The van der Waals surface area contributed by atoms with Gasteiger partial charge in [0.1, 0.15) is 11.6 Å². The van der Waals surface area contributed by atoms with Crippen molar-refractivity contribution in [2.45, 2.75) is 33.1 Å². The molecule has 0 aliphatic heterocycles. The summed E-state index contributed by atoms with van der Waals surface area (Å²) in [5, 5.41) is 2.75.